The van der Waals surface area contributed by atoms with E-state index in [2.05, 4.69) is 5.32 Å². The zero-order chi connectivity index (χ0) is 22.1. The number of benzene rings is 2. The van der Waals surface area contributed by atoms with Crippen molar-refractivity contribution in [2.45, 2.75) is 24.5 Å². The molecular formula is C19H20N2O8S. The second-order valence-electron chi connectivity index (χ2n) is 6.17. The van der Waals surface area contributed by atoms with Crippen LogP contribution in [0.4, 0.5) is 10.5 Å². The highest BCUT2D eigenvalue weighted by molar-refractivity contribution is 7.91. The van der Waals surface area contributed by atoms with Gasteiger partial charge in [0.05, 0.1) is 15.6 Å². The van der Waals surface area contributed by atoms with Crippen molar-refractivity contribution in [2.24, 2.45) is 0 Å². The molecule has 0 aromatic heterocycles. The predicted molar refractivity (Wildman–Crippen MR) is 105 cm³/mol. The highest BCUT2D eigenvalue weighted by Crippen LogP contribution is 2.17. The molecule has 2 aromatic carbocycles. The summed E-state index contributed by atoms with van der Waals surface area (Å²) >= 11 is 0. The third kappa shape index (κ3) is 6.85. The maximum absolute atomic E-state index is 12.2. The van der Waals surface area contributed by atoms with Gasteiger partial charge in [-0.15, -0.1) is 0 Å². The summed E-state index contributed by atoms with van der Waals surface area (Å²) in [5.74, 6) is -1.34. The van der Waals surface area contributed by atoms with E-state index in [1.807, 2.05) is 6.07 Å². The molecule has 10 nitrogen and oxygen atoms in total. The van der Waals surface area contributed by atoms with Crippen molar-refractivity contribution in [3.05, 3.63) is 70.3 Å². The number of carbonyl (C=O) groups is 2. The third-order valence-corrected chi connectivity index (χ3v) is 5.60. The highest BCUT2D eigenvalue weighted by Gasteiger charge is 2.21. The quantitative estimate of drug-likeness (QED) is 0.358. The van der Waals surface area contributed by atoms with Crippen molar-refractivity contribution in [3.63, 3.8) is 0 Å². The van der Waals surface area contributed by atoms with Crippen molar-refractivity contribution in [1.82, 2.24) is 5.32 Å². The number of sulfone groups is 1. The van der Waals surface area contributed by atoms with Gasteiger partial charge in [-0.25, -0.2) is 18.0 Å². The van der Waals surface area contributed by atoms with Crippen LogP contribution in [-0.2, 0) is 30.7 Å². The van der Waals surface area contributed by atoms with Gasteiger partial charge in [-0.1, -0.05) is 30.3 Å². The maximum Gasteiger partial charge on any atom is 0.408 e. The minimum atomic E-state index is -3.80. The van der Waals surface area contributed by atoms with Crippen molar-refractivity contribution in [2.75, 3.05) is 12.4 Å². The average molecular weight is 436 g/mol. The Bertz CT molecular complexity index is 991. The Hall–Kier alpha value is -3.47. The molecule has 0 radical (unpaired) electrons. The summed E-state index contributed by atoms with van der Waals surface area (Å²) in [6.07, 6.45) is -0.818. The van der Waals surface area contributed by atoms with Crippen LogP contribution >= 0.6 is 0 Å². The maximum atomic E-state index is 12.2. The molecule has 1 amide bonds. The minimum Gasteiger partial charge on any atom is -0.463 e. The van der Waals surface area contributed by atoms with Crippen molar-refractivity contribution in [1.29, 1.82) is 0 Å². The molecule has 2 aromatic rings. The lowest BCUT2D eigenvalue weighted by Crippen LogP contribution is -2.40. The van der Waals surface area contributed by atoms with Gasteiger partial charge in [0.25, 0.3) is 5.69 Å². The molecule has 0 aliphatic carbocycles. The van der Waals surface area contributed by atoms with Crippen LogP contribution in [0.1, 0.15) is 12.5 Å². The monoisotopic (exact) mass is 436 g/mol. The molecule has 0 fully saturated rings. The fourth-order valence-corrected chi connectivity index (χ4v) is 3.36. The van der Waals surface area contributed by atoms with E-state index in [0.29, 0.717) is 0 Å². The number of hydrogen-bond donors (Lipinski definition) is 1. The van der Waals surface area contributed by atoms with Gasteiger partial charge in [0.1, 0.15) is 19.3 Å². The first-order chi connectivity index (χ1) is 14.2. The van der Waals surface area contributed by atoms with E-state index in [-0.39, 0.29) is 17.2 Å². The third-order valence-electron chi connectivity index (χ3n) is 3.90. The van der Waals surface area contributed by atoms with E-state index in [1.54, 1.807) is 24.3 Å². The first-order valence-electron chi connectivity index (χ1n) is 8.80. The van der Waals surface area contributed by atoms with Crippen molar-refractivity contribution < 1.29 is 32.4 Å². The van der Waals surface area contributed by atoms with Gasteiger partial charge in [-0.2, -0.15) is 0 Å². The summed E-state index contributed by atoms with van der Waals surface area (Å²) < 4.78 is 34.3. The molecule has 0 saturated heterocycles. The van der Waals surface area contributed by atoms with Gasteiger partial charge in [-0.3, -0.25) is 10.1 Å². The summed E-state index contributed by atoms with van der Waals surface area (Å²) in [4.78, 5) is 33.5. The van der Waals surface area contributed by atoms with E-state index >= 15 is 0 Å². The van der Waals surface area contributed by atoms with Crippen LogP contribution in [0, 0.1) is 10.1 Å². The number of nitro groups is 1. The molecule has 0 aliphatic rings. The molecule has 2 rings (SSSR count). The second kappa shape index (κ2) is 10.3. The highest BCUT2D eigenvalue weighted by atomic mass is 32.2. The van der Waals surface area contributed by atoms with E-state index in [1.165, 1.54) is 6.92 Å². The topological polar surface area (TPSA) is 142 Å². The molecular weight excluding hydrogens is 416 g/mol. The standard InChI is InChI=1S/C19H20N2O8S/c1-14(20-19(23)29-13-15-5-3-2-4-6-15)18(22)28-11-12-30(26,27)17-9-7-16(8-10-17)21(24)25/h2-10,14H,11-13H2,1H3,(H,20,23). The Morgan fingerprint density at radius 1 is 1.07 bits per heavy atom. The SMILES string of the molecule is CC(NC(=O)OCc1ccccc1)C(=O)OCCS(=O)(=O)c1ccc([N+](=O)[O-])cc1. The number of carbonyl (C=O) groups excluding carboxylic acids is 2. The molecule has 0 spiro atoms. The van der Waals surface area contributed by atoms with Crippen LogP contribution in [0.5, 0.6) is 0 Å². The molecule has 11 heteroatoms. The number of nitro benzene ring substituents is 1. The Labute approximate surface area is 172 Å². The zero-order valence-electron chi connectivity index (χ0n) is 16.0. The molecule has 1 unspecified atom stereocenters. The Kier molecular flexibility index (Phi) is 7.87. The smallest absolute Gasteiger partial charge is 0.408 e. The van der Waals surface area contributed by atoms with Gasteiger partial charge in [0.2, 0.25) is 0 Å². The number of hydrogen-bond acceptors (Lipinski definition) is 8. The van der Waals surface area contributed by atoms with Crippen LogP contribution in [0.25, 0.3) is 0 Å². The van der Waals surface area contributed by atoms with Crippen molar-refractivity contribution >= 4 is 27.6 Å². The number of nitrogens with one attached hydrogen (secondary N) is 1. The normalized spacial score (nSPS) is 11.9. The van der Waals surface area contributed by atoms with E-state index in [9.17, 15) is 28.1 Å². The lowest BCUT2D eigenvalue weighted by molar-refractivity contribution is -0.384. The number of esters is 1. The number of nitrogens with zero attached hydrogens (tertiary/aromatic N) is 1. The van der Waals surface area contributed by atoms with Crippen LogP contribution in [0.15, 0.2) is 59.5 Å². The summed E-state index contributed by atoms with van der Waals surface area (Å²) in [5, 5.41) is 12.9. The van der Waals surface area contributed by atoms with E-state index < -0.39 is 45.2 Å². The Morgan fingerprint density at radius 3 is 2.30 bits per heavy atom. The number of alkyl carbamates (subject to hydrolysis) is 1. The van der Waals surface area contributed by atoms with Crippen LogP contribution < -0.4 is 5.32 Å². The first-order valence-corrected chi connectivity index (χ1v) is 10.5. The number of rotatable bonds is 9. The minimum absolute atomic E-state index is 0.0297. The molecule has 1 N–H and O–H groups in total. The van der Waals surface area contributed by atoms with Gasteiger partial charge in [0, 0.05) is 12.1 Å². The lowest BCUT2D eigenvalue weighted by Gasteiger charge is -2.13. The average Bonchev–Trinajstić information content (AvgIpc) is 2.72. The number of non-ortho nitro benzene ring substituents is 1. The molecule has 1 atom stereocenters. The molecule has 0 heterocycles. The van der Waals surface area contributed by atoms with E-state index in [4.69, 9.17) is 9.47 Å². The molecule has 0 bridgehead atoms. The largest absolute Gasteiger partial charge is 0.463 e. The molecule has 0 saturated carbocycles. The van der Waals surface area contributed by atoms with Gasteiger partial charge < -0.3 is 14.8 Å². The summed E-state index contributed by atoms with van der Waals surface area (Å²) in [7, 11) is -3.80. The fraction of sp³-hybridized carbons (Fsp3) is 0.263. The summed E-state index contributed by atoms with van der Waals surface area (Å²) in [5.41, 5.74) is 0.541. The molecule has 160 valence electrons. The zero-order valence-corrected chi connectivity index (χ0v) is 16.8. The Morgan fingerprint density at radius 2 is 1.70 bits per heavy atom. The van der Waals surface area contributed by atoms with Gasteiger partial charge in [-0.05, 0) is 24.6 Å². The van der Waals surface area contributed by atoms with E-state index in [0.717, 1.165) is 29.8 Å². The molecule has 30 heavy (non-hydrogen) atoms. The van der Waals surface area contributed by atoms with Crippen LogP contribution in [0.3, 0.4) is 0 Å². The summed E-state index contributed by atoms with van der Waals surface area (Å²) in [6.45, 7) is 0.960. The van der Waals surface area contributed by atoms with Crippen LogP contribution in [-0.4, -0.2) is 43.8 Å². The van der Waals surface area contributed by atoms with Gasteiger partial charge in [0.15, 0.2) is 9.84 Å². The Balaban J connectivity index is 1.77. The van der Waals surface area contributed by atoms with Crippen molar-refractivity contribution in [3.8, 4) is 0 Å². The first kappa shape index (κ1) is 22.8. The second-order valence-corrected chi connectivity index (χ2v) is 8.27. The predicted octanol–water partition coefficient (Wildman–Crippen LogP) is 2.23. The number of ether oxygens (including phenoxy) is 2. The van der Waals surface area contributed by atoms with Gasteiger partial charge >= 0.3 is 12.1 Å². The number of amides is 1. The summed E-state index contributed by atoms with van der Waals surface area (Å²) in [6, 6.07) is 12.3. The fourth-order valence-electron chi connectivity index (χ4n) is 2.27. The molecule has 0 aliphatic heterocycles. The lowest BCUT2D eigenvalue weighted by atomic mass is 10.2. The van der Waals surface area contributed by atoms with Crippen LogP contribution in [0.2, 0.25) is 0 Å².